The van der Waals surface area contributed by atoms with Crippen LogP contribution in [0.25, 0.3) is 0 Å². The Bertz CT molecular complexity index is 755. The van der Waals surface area contributed by atoms with Crippen LogP contribution in [0, 0.1) is 11.2 Å². The predicted molar refractivity (Wildman–Crippen MR) is 98.7 cm³/mol. The molecule has 5 nitrogen and oxygen atoms in total. The summed E-state index contributed by atoms with van der Waals surface area (Å²) in [7, 11) is 0. The highest BCUT2D eigenvalue weighted by Crippen LogP contribution is 2.53. The van der Waals surface area contributed by atoms with Gasteiger partial charge in [0.05, 0.1) is 6.04 Å². The third-order valence-corrected chi connectivity index (χ3v) is 6.77. The summed E-state index contributed by atoms with van der Waals surface area (Å²) in [6, 6.07) is 6.25. The molecule has 4 rings (SSSR count). The van der Waals surface area contributed by atoms with Gasteiger partial charge in [0.15, 0.2) is 6.61 Å². The number of likely N-dealkylation sites (tertiary alicyclic amines) is 2. The number of halogens is 1. The van der Waals surface area contributed by atoms with Crippen LogP contribution in [0.1, 0.15) is 46.0 Å². The summed E-state index contributed by atoms with van der Waals surface area (Å²) in [4.78, 5) is 29.3. The summed E-state index contributed by atoms with van der Waals surface area (Å²) in [5, 5.41) is 0. The van der Waals surface area contributed by atoms with Crippen molar-refractivity contribution in [1.82, 2.24) is 9.80 Å². The van der Waals surface area contributed by atoms with Crippen LogP contribution in [0.2, 0.25) is 0 Å². The first-order valence-electron chi connectivity index (χ1n) is 9.87. The molecule has 0 radical (unpaired) electrons. The molecule has 6 heteroatoms. The van der Waals surface area contributed by atoms with Gasteiger partial charge in [0.2, 0.25) is 5.91 Å². The average Bonchev–Trinajstić information content (AvgIpc) is 2.74. The van der Waals surface area contributed by atoms with E-state index in [9.17, 15) is 14.0 Å². The van der Waals surface area contributed by atoms with Crippen LogP contribution in [0.4, 0.5) is 4.39 Å². The van der Waals surface area contributed by atoms with E-state index in [1.807, 2.05) is 9.80 Å². The van der Waals surface area contributed by atoms with E-state index in [1.54, 1.807) is 19.1 Å². The molecule has 1 aromatic rings. The number of ether oxygens (including phenoxy) is 1. The highest BCUT2D eigenvalue weighted by molar-refractivity contribution is 5.80. The smallest absolute Gasteiger partial charge is 0.261 e. The van der Waals surface area contributed by atoms with Gasteiger partial charge in [-0.25, -0.2) is 4.39 Å². The third kappa shape index (κ3) is 3.09. The number of hydrogen-bond donors (Lipinski definition) is 0. The molecule has 2 saturated heterocycles. The minimum atomic E-state index is -0.381. The first-order chi connectivity index (χ1) is 12.9. The van der Waals surface area contributed by atoms with Crippen molar-refractivity contribution in [2.75, 3.05) is 13.2 Å². The van der Waals surface area contributed by atoms with E-state index in [4.69, 9.17) is 4.74 Å². The van der Waals surface area contributed by atoms with Gasteiger partial charge < -0.3 is 14.5 Å². The van der Waals surface area contributed by atoms with E-state index in [2.05, 4.69) is 6.92 Å². The monoisotopic (exact) mass is 374 g/mol. The summed E-state index contributed by atoms with van der Waals surface area (Å²) in [5.41, 5.74) is -0.0560. The fourth-order valence-electron chi connectivity index (χ4n) is 5.67. The molecule has 1 saturated carbocycles. The Morgan fingerprint density at radius 1 is 1.26 bits per heavy atom. The second-order valence-electron chi connectivity index (χ2n) is 8.40. The van der Waals surface area contributed by atoms with E-state index < -0.39 is 0 Å². The predicted octanol–water partition coefficient (Wildman–Crippen LogP) is 2.99. The number of fused-ring (bicyclic) bond motifs is 1. The second-order valence-corrected chi connectivity index (χ2v) is 8.40. The molecular formula is C21H27FN2O3. The zero-order valence-corrected chi connectivity index (χ0v) is 16.0. The maximum Gasteiger partial charge on any atom is 0.261 e. The van der Waals surface area contributed by atoms with E-state index in [0.717, 1.165) is 32.1 Å². The van der Waals surface area contributed by atoms with Crippen molar-refractivity contribution in [1.29, 1.82) is 0 Å². The number of rotatable bonds is 3. The maximum atomic E-state index is 13.3. The Hall–Kier alpha value is -2.11. The van der Waals surface area contributed by atoms with Crippen LogP contribution in [-0.2, 0) is 9.59 Å². The van der Waals surface area contributed by atoms with Gasteiger partial charge in [-0.05, 0) is 31.4 Å². The van der Waals surface area contributed by atoms with E-state index >= 15 is 0 Å². The Morgan fingerprint density at radius 3 is 2.70 bits per heavy atom. The lowest BCUT2D eigenvalue weighted by Crippen LogP contribution is -2.55. The van der Waals surface area contributed by atoms with Crippen molar-refractivity contribution in [2.24, 2.45) is 5.41 Å². The fraction of sp³-hybridized carbons (Fsp3) is 0.619. The average molecular weight is 374 g/mol. The molecule has 27 heavy (non-hydrogen) atoms. The van der Waals surface area contributed by atoms with Crippen molar-refractivity contribution in [3.05, 3.63) is 30.1 Å². The van der Waals surface area contributed by atoms with E-state index in [-0.39, 0.29) is 47.8 Å². The highest BCUT2D eigenvalue weighted by atomic mass is 19.1. The number of carbonyl (C=O) groups is 2. The second kappa shape index (κ2) is 6.80. The van der Waals surface area contributed by atoms with Crippen molar-refractivity contribution in [3.63, 3.8) is 0 Å². The number of piperidine rings is 1. The first-order valence-corrected chi connectivity index (χ1v) is 9.87. The molecule has 2 amide bonds. The van der Waals surface area contributed by atoms with Crippen molar-refractivity contribution in [2.45, 2.75) is 64.1 Å². The molecule has 2 bridgehead atoms. The SMILES string of the molecule is CC(=O)N1C[C@@H]2C[C@@]3(C)[C@H](CCCC[C@@H]13)N2C(=O)COc1cccc(F)c1. The fourth-order valence-corrected chi connectivity index (χ4v) is 5.67. The minimum absolute atomic E-state index is 0.0434. The van der Waals surface area contributed by atoms with Gasteiger partial charge in [0.25, 0.3) is 5.91 Å². The largest absolute Gasteiger partial charge is 0.484 e. The van der Waals surface area contributed by atoms with E-state index in [1.165, 1.54) is 12.1 Å². The Kier molecular flexibility index (Phi) is 4.60. The summed E-state index contributed by atoms with van der Waals surface area (Å²) >= 11 is 0. The lowest BCUT2D eigenvalue weighted by atomic mass is 9.71. The first kappa shape index (κ1) is 18.3. The minimum Gasteiger partial charge on any atom is -0.484 e. The molecule has 3 fully saturated rings. The van der Waals surface area contributed by atoms with E-state index in [0.29, 0.717) is 12.3 Å². The molecule has 2 aliphatic heterocycles. The quantitative estimate of drug-likeness (QED) is 0.817. The van der Waals surface area contributed by atoms with Gasteiger partial charge in [-0.1, -0.05) is 25.8 Å². The molecule has 0 spiro atoms. The number of carbonyl (C=O) groups excluding carboxylic acids is 2. The maximum absolute atomic E-state index is 13.3. The van der Waals surface area contributed by atoms with Gasteiger partial charge >= 0.3 is 0 Å². The van der Waals surface area contributed by atoms with Crippen molar-refractivity contribution >= 4 is 11.8 Å². The standard InChI is InChI=1S/C21H27FN2O3/c1-14(25)23-12-16-11-21(2)18(23)8-3-4-9-19(21)24(16)20(26)13-27-17-7-5-6-15(22)10-17/h5-7,10,16,18-19H,3-4,8-9,11-13H2,1-2H3/t16-,18+,19-,21+/m0/s1. The van der Waals surface area contributed by atoms with Gasteiger partial charge in [-0.2, -0.15) is 0 Å². The van der Waals surface area contributed by atoms with Crippen molar-refractivity contribution < 1.29 is 18.7 Å². The van der Waals surface area contributed by atoms with Crippen LogP contribution in [0.15, 0.2) is 24.3 Å². The normalized spacial score (nSPS) is 32.2. The molecule has 0 aromatic heterocycles. The number of benzene rings is 1. The number of hydrogen-bond acceptors (Lipinski definition) is 3. The molecule has 0 N–H and O–H groups in total. The summed E-state index contributed by atoms with van der Waals surface area (Å²) in [6.45, 7) is 4.39. The topological polar surface area (TPSA) is 49.9 Å². The summed E-state index contributed by atoms with van der Waals surface area (Å²) in [6.07, 6.45) is 5.09. The van der Waals surface area contributed by atoms with Gasteiger partial charge in [-0.3, -0.25) is 9.59 Å². The van der Waals surface area contributed by atoms with Gasteiger partial charge in [-0.15, -0.1) is 0 Å². The molecule has 1 aromatic carbocycles. The number of nitrogens with zero attached hydrogens (tertiary/aromatic N) is 2. The molecular weight excluding hydrogens is 347 g/mol. The Morgan fingerprint density at radius 2 is 2.00 bits per heavy atom. The number of amides is 2. The molecule has 1 aliphatic carbocycles. The zero-order chi connectivity index (χ0) is 19.2. The lowest BCUT2D eigenvalue weighted by Gasteiger charge is -2.46. The van der Waals surface area contributed by atoms with Crippen LogP contribution in [0.3, 0.4) is 0 Å². The Labute approximate surface area is 159 Å². The zero-order valence-electron chi connectivity index (χ0n) is 16.0. The van der Waals surface area contributed by atoms with Gasteiger partial charge in [0.1, 0.15) is 11.6 Å². The molecule has 2 heterocycles. The molecule has 3 aliphatic rings. The van der Waals surface area contributed by atoms with Crippen LogP contribution in [0.5, 0.6) is 5.75 Å². The van der Waals surface area contributed by atoms with Crippen LogP contribution in [-0.4, -0.2) is 52.9 Å². The molecule has 0 unspecified atom stereocenters. The van der Waals surface area contributed by atoms with Crippen LogP contribution < -0.4 is 4.74 Å². The summed E-state index contributed by atoms with van der Waals surface area (Å²) < 4.78 is 18.9. The lowest BCUT2D eigenvalue weighted by molar-refractivity contribution is -0.139. The highest BCUT2D eigenvalue weighted by Gasteiger charge is 2.60. The van der Waals surface area contributed by atoms with Gasteiger partial charge in [0, 0.05) is 37.0 Å². The molecule has 146 valence electrons. The van der Waals surface area contributed by atoms with Crippen LogP contribution >= 0.6 is 0 Å². The summed E-state index contributed by atoms with van der Waals surface area (Å²) in [5.74, 6) is 0.0139. The Balaban J connectivity index is 1.56. The molecule has 4 atom stereocenters. The third-order valence-electron chi connectivity index (χ3n) is 6.77. The van der Waals surface area contributed by atoms with Crippen molar-refractivity contribution in [3.8, 4) is 5.75 Å².